The molecule has 2 rings (SSSR count). The minimum atomic E-state index is -3.32. The van der Waals surface area contributed by atoms with Crippen molar-refractivity contribution in [3.05, 3.63) is 33.8 Å². The van der Waals surface area contributed by atoms with Crippen LogP contribution in [0.3, 0.4) is 0 Å². The Morgan fingerprint density at radius 3 is 2.17 bits per heavy atom. The van der Waals surface area contributed by atoms with E-state index in [1.54, 1.807) is 18.2 Å². The number of nitrogens with zero attached hydrogens (tertiary/aromatic N) is 1. The predicted molar refractivity (Wildman–Crippen MR) is 74.5 cm³/mol. The maximum Gasteiger partial charge on any atom is 0.218 e. The maximum absolute atomic E-state index is 12.3. The highest BCUT2D eigenvalue weighted by atomic mass is 35.5. The molecule has 18 heavy (non-hydrogen) atoms. The quantitative estimate of drug-likeness (QED) is 0.859. The summed E-state index contributed by atoms with van der Waals surface area (Å²) in [5.41, 5.74) is 0.492. The molecule has 1 fully saturated rings. The van der Waals surface area contributed by atoms with Crippen LogP contribution in [0.15, 0.2) is 18.2 Å². The van der Waals surface area contributed by atoms with Crippen LogP contribution >= 0.6 is 23.2 Å². The zero-order valence-electron chi connectivity index (χ0n) is 9.90. The molecule has 3 nitrogen and oxygen atoms in total. The summed E-state index contributed by atoms with van der Waals surface area (Å²) in [6, 6.07) is 5.03. The van der Waals surface area contributed by atoms with E-state index < -0.39 is 10.0 Å². The standard InChI is InChI=1S/C12H15Cl2NO2S/c13-11-5-4-6-12(14)10(11)9-18(16,17)15-7-2-1-3-8-15/h4-6H,1-3,7-9H2. The molecule has 1 heterocycles. The van der Waals surface area contributed by atoms with Gasteiger partial charge in [-0.25, -0.2) is 12.7 Å². The molecule has 0 spiro atoms. The van der Waals surface area contributed by atoms with E-state index in [-0.39, 0.29) is 5.75 Å². The van der Waals surface area contributed by atoms with Crippen molar-refractivity contribution in [2.75, 3.05) is 13.1 Å². The van der Waals surface area contributed by atoms with Gasteiger partial charge in [-0.05, 0) is 25.0 Å². The van der Waals surface area contributed by atoms with Gasteiger partial charge < -0.3 is 0 Å². The van der Waals surface area contributed by atoms with E-state index in [1.165, 1.54) is 4.31 Å². The molecular formula is C12H15Cl2NO2S. The van der Waals surface area contributed by atoms with E-state index in [0.717, 1.165) is 19.3 Å². The Morgan fingerprint density at radius 1 is 1.06 bits per heavy atom. The molecule has 1 aliphatic heterocycles. The molecule has 1 saturated heterocycles. The van der Waals surface area contributed by atoms with Gasteiger partial charge in [-0.2, -0.15) is 0 Å². The normalized spacial score (nSPS) is 17.9. The summed E-state index contributed by atoms with van der Waals surface area (Å²) in [4.78, 5) is 0. The second kappa shape index (κ2) is 5.78. The van der Waals surface area contributed by atoms with Crippen LogP contribution in [-0.2, 0) is 15.8 Å². The predicted octanol–water partition coefficient (Wildman–Crippen LogP) is 3.31. The molecule has 0 atom stereocenters. The van der Waals surface area contributed by atoms with Crippen molar-refractivity contribution in [3.8, 4) is 0 Å². The highest BCUT2D eigenvalue weighted by Crippen LogP contribution is 2.27. The molecule has 0 unspecified atom stereocenters. The van der Waals surface area contributed by atoms with Crippen molar-refractivity contribution >= 4 is 33.2 Å². The van der Waals surface area contributed by atoms with E-state index >= 15 is 0 Å². The molecule has 0 aromatic heterocycles. The van der Waals surface area contributed by atoms with Crippen molar-refractivity contribution in [3.63, 3.8) is 0 Å². The van der Waals surface area contributed by atoms with Crippen molar-refractivity contribution in [2.24, 2.45) is 0 Å². The Bertz CT molecular complexity index is 505. The van der Waals surface area contributed by atoms with Gasteiger partial charge in [-0.15, -0.1) is 0 Å². The zero-order chi connectivity index (χ0) is 13.2. The fraction of sp³-hybridized carbons (Fsp3) is 0.500. The monoisotopic (exact) mass is 307 g/mol. The summed E-state index contributed by atoms with van der Waals surface area (Å²) in [7, 11) is -3.32. The summed E-state index contributed by atoms with van der Waals surface area (Å²) in [6.45, 7) is 1.20. The van der Waals surface area contributed by atoms with Crippen LogP contribution in [0.1, 0.15) is 24.8 Å². The second-order valence-electron chi connectivity index (χ2n) is 4.42. The minimum absolute atomic E-state index is 0.120. The fourth-order valence-corrected chi connectivity index (χ4v) is 4.45. The number of piperidine rings is 1. The van der Waals surface area contributed by atoms with Crippen LogP contribution in [0, 0.1) is 0 Å². The lowest BCUT2D eigenvalue weighted by Crippen LogP contribution is -2.36. The first-order chi connectivity index (χ1) is 8.50. The average Bonchev–Trinajstić information content (AvgIpc) is 2.35. The van der Waals surface area contributed by atoms with Gasteiger partial charge in [0.15, 0.2) is 0 Å². The number of benzene rings is 1. The molecular weight excluding hydrogens is 293 g/mol. The third-order valence-electron chi connectivity index (χ3n) is 3.10. The largest absolute Gasteiger partial charge is 0.218 e. The summed E-state index contributed by atoms with van der Waals surface area (Å²) >= 11 is 12.0. The number of rotatable bonds is 3. The molecule has 0 bridgehead atoms. The van der Waals surface area contributed by atoms with Crippen LogP contribution in [0.5, 0.6) is 0 Å². The molecule has 0 aliphatic carbocycles. The summed E-state index contributed by atoms with van der Waals surface area (Å²) in [6.07, 6.45) is 2.95. The smallest absolute Gasteiger partial charge is 0.212 e. The molecule has 0 N–H and O–H groups in total. The number of sulfonamides is 1. The zero-order valence-corrected chi connectivity index (χ0v) is 12.2. The second-order valence-corrected chi connectivity index (χ2v) is 7.20. The van der Waals surface area contributed by atoms with Crippen LogP contribution in [0.2, 0.25) is 10.0 Å². The van der Waals surface area contributed by atoms with Gasteiger partial charge in [0.25, 0.3) is 0 Å². The first-order valence-electron chi connectivity index (χ1n) is 5.91. The topological polar surface area (TPSA) is 37.4 Å². The average molecular weight is 308 g/mol. The summed E-state index contributed by atoms with van der Waals surface area (Å²) < 4.78 is 26.1. The summed E-state index contributed by atoms with van der Waals surface area (Å²) in [5.74, 6) is -0.120. The fourth-order valence-electron chi connectivity index (χ4n) is 2.09. The summed E-state index contributed by atoms with van der Waals surface area (Å²) in [5, 5.41) is 0.811. The number of halogens is 2. The van der Waals surface area contributed by atoms with Crippen molar-refractivity contribution in [1.29, 1.82) is 0 Å². The number of hydrogen-bond acceptors (Lipinski definition) is 2. The SMILES string of the molecule is O=S(=O)(Cc1c(Cl)cccc1Cl)N1CCCCC1. The van der Waals surface area contributed by atoms with E-state index in [2.05, 4.69) is 0 Å². The van der Waals surface area contributed by atoms with Gasteiger partial charge in [-0.3, -0.25) is 0 Å². The Kier molecular flexibility index (Phi) is 4.54. The first-order valence-corrected chi connectivity index (χ1v) is 8.28. The van der Waals surface area contributed by atoms with Gasteiger partial charge in [-0.1, -0.05) is 35.7 Å². The van der Waals surface area contributed by atoms with E-state index in [9.17, 15) is 8.42 Å². The number of hydrogen-bond donors (Lipinski definition) is 0. The lowest BCUT2D eigenvalue weighted by atomic mass is 10.2. The molecule has 6 heteroatoms. The molecule has 0 amide bonds. The molecule has 0 saturated carbocycles. The Morgan fingerprint density at radius 2 is 1.61 bits per heavy atom. The van der Waals surface area contributed by atoms with E-state index in [4.69, 9.17) is 23.2 Å². The lowest BCUT2D eigenvalue weighted by Gasteiger charge is -2.26. The van der Waals surface area contributed by atoms with Crippen molar-refractivity contribution < 1.29 is 8.42 Å². The lowest BCUT2D eigenvalue weighted by molar-refractivity contribution is 0.346. The third kappa shape index (κ3) is 3.18. The van der Waals surface area contributed by atoms with Crippen LogP contribution < -0.4 is 0 Å². The van der Waals surface area contributed by atoms with Gasteiger partial charge >= 0.3 is 0 Å². The highest BCUT2D eigenvalue weighted by Gasteiger charge is 2.25. The van der Waals surface area contributed by atoms with E-state index in [0.29, 0.717) is 28.7 Å². The molecule has 0 radical (unpaired) electrons. The molecule has 1 aromatic carbocycles. The third-order valence-corrected chi connectivity index (χ3v) is 5.61. The van der Waals surface area contributed by atoms with Crippen molar-refractivity contribution in [1.82, 2.24) is 4.31 Å². The van der Waals surface area contributed by atoms with Crippen LogP contribution in [0.25, 0.3) is 0 Å². The Balaban J connectivity index is 2.22. The van der Waals surface area contributed by atoms with Gasteiger partial charge in [0.2, 0.25) is 10.0 Å². The minimum Gasteiger partial charge on any atom is -0.212 e. The maximum atomic E-state index is 12.3. The van der Waals surface area contributed by atoms with Crippen molar-refractivity contribution in [2.45, 2.75) is 25.0 Å². The van der Waals surface area contributed by atoms with Gasteiger partial charge in [0.1, 0.15) is 0 Å². The van der Waals surface area contributed by atoms with Gasteiger partial charge in [0, 0.05) is 28.7 Å². The van der Waals surface area contributed by atoms with Crippen LogP contribution in [0.4, 0.5) is 0 Å². The van der Waals surface area contributed by atoms with Crippen LogP contribution in [-0.4, -0.2) is 25.8 Å². The highest BCUT2D eigenvalue weighted by molar-refractivity contribution is 7.88. The Labute approximate surface area is 118 Å². The van der Waals surface area contributed by atoms with Gasteiger partial charge in [0.05, 0.1) is 5.75 Å². The molecule has 100 valence electrons. The first kappa shape index (κ1) is 14.1. The Hall–Kier alpha value is -0.290. The molecule has 1 aromatic rings. The molecule has 1 aliphatic rings. The van der Waals surface area contributed by atoms with E-state index in [1.807, 2.05) is 0 Å².